The maximum atomic E-state index is 12.9. The van der Waals surface area contributed by atoms with Crippen molar-refractivity contribution in [3.63, 3.8) is 0 Å². The van der Waals surface area contributed by atoms with Crippen LogP contribution < -0.4 is 0 Å². The highest BCUT2D eigenvalue weighted by Gasteiger charge is 2.19. The Morgan fingerprint density at radius 2 is 0.548 bits per heavy atom. The van der Waals surface area contributed by atoms with Crippen molar-refractivity contribution in [3.8, 4) is 0 Å². The first kappa shape index (κ1) is 68.8. The fourth-order valence-electron chi connectivity index (χ4n) is 7.93. The van der Waals surface area contributed by atoms with E-state index < -0.39 is 6.10 Å². The largest absolute Gasteiger partial charge is 0.462 e. The van der Waals surface area contributed by atoms with E-state index in [4.69, 9.17) is 14.2 Å². The number of carbonyl (C=O) groups is 3. The number of hydrogen-bond acceptors (Lipinski definition) is 6. The number of esters is 3. The second kappa shape index (κ2) is 60.4. The molecule has 0 unspecified atom stereocenters. The molecule has 0 aliphatic heterocycles. The molecule has 0 amide bonds. The Balaban J connectivity index is 4.53. The molecule has 0 rings (SSSR count). The first-order valence-corrected chi connectivity index (χ1v) is 30.0. The molecule has 0 aliphatic carbocycles. The Morgan fingerprint density at radius 3 is 0.932 bits per heavy atom. The number of carbonyl (C=O) groups excluding carboxylic acids is 3. The normalized spacial score (nSPS) is 13.0. The van der Waals surface area contributed by atoms with Crippen LogP contribution in [0.2, 0.25) is 0 Å². The molecule has 6 heteroatoms. The number of ether oxygens (including phenoxy) is 3. The van der Waals surface area contributed by atoms with Gasteiger partial charge in [0, 0.05) is 19.3 Å². The summed E-state index contributed by atoms with van der Waals surface area (Å²) in [4.78, 5) is 38.2. The molecule has 0 saturated carbocycles. The van der Waals surface area contributed by atoms with Crippen molar-refractivity contribution >= 4 is 17.9 Å². The third kappa shape index (κ3) is 58.6. The van der Waals surface area contributed by atoms with Gasteiger partial charge in [0.25, 0.3) is 0 Å². The van der Waals surface area contributed by atoms with Crippen LogP contribution in [-0.4, -0.2) is 37.2 Å². The molecule has 0 spiro atoms. The van der Waals surface area contributed by atoms with E-state index in [0.717, 1.165) is 103 Å². The van der Waals surface area contributed by atoms with Crippen molar-refractivity contribution in [2.45, 2.75) is 271 Å². The molecule has 0 aromatic rings. The standard InChI is InChI=1S/C67H110O6/c1-4-7-10-13-16-19-22-25-28-31-33-36-38-41-44-47-50-53-56-59-65(68)71-62-64(73-67(70)61-58-55-52-49-46-43-40-35-30-27-24-21-18-15-12-9-6-3)63-72-66(69)60-57-54-51-48-45-42-39-37-34-32-29-26-23-20-17-14-11-8-5-2/h9,12,16,18-19,21,25-30,33,36,40-41,43-44,49,52,64H,4-8,10-11,13-15,17,20,22-24,31-32,34-35,37-39,42,45-48,50-51,53-63H2,1-3H3/b12-9-,19-16-,21-18-,28-25-,29-26-,30-27-,36-33-,43-40-,44-41-,52-49-/t64-/m1/s1. The summed E-state index contributed by atoms with van der Waals surface area (Å²) in [6, 6.07) is 0. The van der Waals surface area contributed by atoms with Gasteiger partial charge in [-0.05, 0) is 128 Å². The van der Waals surface area contributed by atoms with Crippen molar-refractivity contribution in [2.75, 3.05) is 13.2 Å². The van der Waals surface area contributed by atoms with Gasteiger partial charge < -0.3 is 14.2 Å². The second-order valence-electron chi connectivity index (χ2n) is 19.5. The first-order valence-electron chi connectivity index (χ1n) is 30.0. The highest BCUT2D eigenvalue weighted by molar-refractivity contribution is 5.71. The third-order valence-corrected chi connectivity index (χ3v) is 12.4. The van der Waals surface area contributed by atoms with E-state index in [9.17, 15) is 14.4 Å². The maximum absolute atomic E-state index is 12.9. The quantitative estimate of drug-likeness (QED) is 0.0261. The fraction of sp³-hybridized carbons (Fsp3) is 0.657. The molecule has 0 aliphatic rings. The van der Waals surface area contributed by atoms with Gasteiger partial charge in [-0.1, -0.05) is 239 Å². The van der Waals surface area contributed by atoms with E-state index in [1.807, 2.05) is 0 Å². The van der Waals surface area contributed by atoms with Gasteiger partial charge >= 0.3 is 17.9 Å². The average Bonchev–Trinajstić information content (AvgIpc) is 3.39. The molecule has 0 aromatic heterocycles. The molecule has 0 aromatic carbocycles. The van der Waals surface area contributed by atoms with E-state index in [1.165, 1.54) is 116 Å². The minimum Gasteiger partial charge on any atom is -0.462 e. The lowest BCUT2D eigenvalue weighted by molar-refractivity contribution is -0.167. The second-order valence-corrected chi connectivity index (χ2v) is 19.5. The molecular weight excluding hydrogens is 901 g/mol. The summed E-state index contributed by atoms with van der Waals surface area (Å²) < 4.78 is 16.8. The van der Waals surface area contributed by atoms with Crippen molar-refractivity contribution in [1.82, 2.24) is 0 Å². The van der Waals surface area contributed by atoms with Crippen molar-refractivity contribution < 1.29 is 28.6 Å². The number of allylic oxidation sites excluding steroid dienone is 20. The first-order chi connectivity index (χ1) is 36.0. The van der Waals surface area contributed by atoms with Crippen LogP contribution in [0.5, 0.6) is 0 Å². The Bertz CT molecular complexity index is 1540. The van der Waals surface area contributed by atoms with Gasteiger partial charge in [-0.3, -0.25) is 14.4 Å². The summed E-state index contributed by atoms with van der Waals surface area (Å²) in [7, 11) is 0. The van der Waals surface area contributed by atoms with E-state index in [0.29, 0.717) is 19.3 Å². The number of hydrogen-bond donors (Lipinski definition) is 0. The van der Waals surface area contributed by atoms with Crippen LogP contribution in [-0.2, 0) is 28.6 Å². The van der Waals surface area contributed by atoms with Gasteiger partial charge in [-0.15, -0.1) is 0 Å². The highest BCUT2D eigenvalue weighted by atomic mass is 16.6. The molecular formula is C67H110O6. The monoisotopic (exact) mass is 1010 g/mol. The van der Waals surface area contributed by atoms with Crippen LogP contribution in [0.3, 0.4) is 0 Å². The molecule has 0 N–H and O–H groups in total. The zero-order valence-corrected chi connectivity index (χ0v) is 47.4. The predicted molar refractivity (Wildman–Crippen MR) is 316 cm³/mol. The summed E-state index contributed by atoms with van der Waals surface area (Å²) in [5.74, 6) is -1.01. The molecule has 73 heavy (non-hydrogen) atoms. The summed E-state index contributed by atoms with van der Waals surface area (Å²) in [6.45, 7) is 6.42. The third-order valence-electron chi connectivity index (χ3n) is 12.4. The summed E-state index contributed by atoms with van der Waals surface area (Å²) in [5, 5.41) is 0. The molecule has 6 nitrogen and oxygen atoms in total. The van der Waals surface area contributed by atoms with Crippen LogP contribution in [0.25, 0.3) is 0 Å². The van der Waals surface area contributed by atoms with Gasteiger partial charge in [-0.25, -0.2) is 0 Å². The van der Waals surface area contributed by atoms with Crippen LogP contribution in [0.4, 0.5) is 0 Å². The molecule has 0 saturated heterocycles. The molecule has 0 heterocycles. The zero-order chi connectivity index (χ0) is 52.9. The van der Waals surface area contributed by atoms with Crippen LogP contribution in [0.15, 0.2) is 122 Å². The summed E-state index contributed by atoms with van der Waals surface area (Å²) in [5.41, 5.74) is 0. The Labute approximate surface area is 450 Å². The fourth-order valence-corrected chi connectivity index (χ4v) is 7.93. The van der Waals surface area contributed by atoms with Crippen molar-refractivity contribution in [1.29, 1.82) is 0 Å². The minimum atomic E-state index is -0.826. The van der Waals surface area contributed by atoms with Gasteiger partial charge in [0.05, 0.1) is 0 Å². The average molecular weight is 1010 g/mol. The lowest BCUT2D eigenvalue weighted by Crippen LogP contribution is -2.30. The topological polar surface area (TPSA) is 78.9 Å². The maximum Gasteiger partial charge on any atom is 0.306 e. The number of unbranched alkanes of at least 4 members (excludes halogenated alkanes) is 22. The predicted octanol–water partition coefficient (Wildman–Crippen LogP) is 20.4. The van der Waals surface area contributed by atoms with E-state index >= 15 is 0 Å². The van der Waals surface area contributed by atoms with E-state index in [1.54, 1.807) is 0 Å². The SMILES string of the molecule is CC/C=C\C/C=C\C/C=C\C/C=C\C/C=C\CCCC(=O)O[C@H](COC(=O)CCCCC/C=C\C/C=C\C/C=C\C/C=C\CCCCC)COC(=O)CCCCCCCCCCC/C=C\CCCCCCCC. The Kier molecular flexibility index (Phi) is 56.9. The van der Waals surface area contributed by atoms with E-state index in [-0.39, 0.29) is 37.5 Å². The van der Waals surface area contributed by atoms with Crippen LogP contribution >= 0.6 is 0 Å². The molecule has 1 atom stereocenters. The molecule has 0 fully saturated rings. The molecule has 414 valence electrons. The van der Waals surface area contributed by atoms with Gasteiger partial charge in [0.15, 0.2) is 6.10 Å². The molecule has 0 radical (unpaired) electrons. The number of rotatable bonds is 53. The minimum absolute atomic E-state index is 0.114. The molecule has 0 bridgehead atoms. The van der Waals surface area contributed by atoms with Crippen LogP contribution in [0.1, 0.15) is 265 Å². The lowest BCUT2D eigenvalue weighted by atomic mass is 10.1. The van der Waals surface area contributed by atoms with Gasteiger partial charge in [0.1, 0.15) is 13.2 Å². The van der Waals surface area contributed by atoms with Gasteiger partial charge in [-0.2, -0.15) is 0 Å². The van der Waals surface area contributed by atoms with E-state index in [2.05, 4.69) is 142 Å². The highest BCUT2D eigenvalue weighted by Crippen LogP contribution is 2.14. The van der Waals surface area contributed by atoms with Gasteiger partial charge in [0.2, 0.25) is 0 Å². The van der Waals surface area contributed by atoms with Crippen molar-refractivity contribution in [2.24, 2.45) is 0 Å². The summed E-state index contributed by atoms with van der Waals surface area (Å²) >= 11 is 0. The zero-order valence-electron chi connectivity index (χ0n) is 47.4. The Hall–Kier alpha value is -4.19. The van der Waals surface area contributed by atoms with Crippen LogP contribution in [0, 0.1) is 0 Å². The Morgan fingerprint density at radius 1 is 0.288 bits per heavy atom. The summed E-state index contributed by atoms with van der Waals surface area (Å²) in [6.07, 6.45) is 83.4. The van der Waals surface area contributed by atoms with Crippen molar-refractivity contribution in [3.05, 3.63) is 122 Å². The lowest BCUT2D eigenvalue weighted by Gasteiger charge is -2.18. The smallest absolute Gasteiger partial charge is 0.306 e.